The first-order valence-corrected chi connectivity index (χ1v) is 7.78. The lowest BCUT2D eigenvalue weighted by atomic mass is 10.3. The van der Waals surface area contributed by atoms with Crippen molar-refractivity contribution in [1.29, 1.82) is 0 Å². The van der Waals surface area contributed by atoms with Crippen LogP contribution in [0.1, 0.15) is 12.7 Å². The van der Waals surface area contributed by atoms with E-state index in [0.29, 0.717) is 25.0 Å². The van der Waals surface area contributed by atoms with Crippen molar-refractivity contribution < 1.29 is 9.15 Å². The van der Waals surface area contributed by atoms with Gasteiger partial charge in [0.15, 0.2) is 0 Å². The van der Waals surface area contributed by atoms with Crippen LogP contribution in [0.5, 0.6) is 5.75 Å². The van der Waals surface area contributed by atoms with Gasteiger partial charge in [0.05, 0.1) is 19.4 Å². The molecule has 0 fully saturated rings. The van der Waals surface area contributed by atoms with Gasteiger partial charge >= 0.3 is 0 Å². The summed E-state index contributed by atoms with van der Waals surface area (Å²) in [7, 11) is 0. The van der Waals surface area contributed by atoms with Gasteiger partial charge in [-0.05, 0) is 54.9 Å². The molecule has 124 valence electrons. The van der Waals surface area contributed by atoms with Crippen molar-refractivity contribution >= 4 is 29.2 Å². The molecule has 0 aliphatic rings. The number of nitrogens with zero attached hydrogens (tertiary/aromatic N) is 3. The molecule has 2 heterocycles. The van der Waals surface area contributed by atoms with Gasteiger partial charge in [-0.3, -0.25) is 0 Å². The van der Waals surface area contributed by atoms with Crippen LogP contribution in [-0.2, 0) is 6.54 Å². The SMILES string of the molecule is CCOc1ccc(Nc2nc(Cl)nc(NCc3ccco3)n2)cc1. The summed E-state index contributed by atoms with van der Waals surface area (Å²) in [5, 5.41) is 6.22. The molecule has 0 unspecified atom stereocenters. The highest BCUT2D eigenvalue weighted by molar-refractivity contribution is 6.28. The Morgan fingerprint density at radius 1 is 1.08 bits per heavy atom. The zero-order valence-corrected chi connectivity index (χ0v) is 13.7. The van der Waals surface area contributed by atoms with E-state index in [1.807, 2.05) is 43.3 Å². The zero-order chi connectivity index (χ0) is 16.8. The minimum atomic E-state index is 0.0976. The summed E-state index contributed by atoms with van der Waals surface area (Å²) in [6, 6.07) is 11.2. The van der Waals surface area contributed by atoms with Crippen LogP contribution in [0.3, 0.4) is 0 Å². The molecular weight excluding hydrogens is 330 g/mol. The van der Waals surface area contributed by atoms with E-state index in [4.69, 9.17) is 20.8 Å². The fourth-order valence-corrected chi connectivity index (χ4v) is 2.15. The Balaban J connectivity index is 1.68. The van der Waals surface area contributed by atoms with Crippen molar-refractivity contribution in [3.63, 3.8) is 0 Å². The van der Waals surface area contributed by atoms with Gasteiger partial charge in [0.25, 0.3) is 0 Å². The second-order valence-electron chi connectivity index (χ2n) is 4.77. The molecule has 8 heteroatoms. The summed E-state index contributed by atoms with van der Waals surface area (Å²) in [5.74, 6) is 2.28. The number of halogens is 1. The van der Waals surface area contributed by atoms with E-state index in [9.17, 15) is 0 Å². The Hall–Kier alpha value is -2.80. The van der Waals surface area contributed by atoms with E-state index < -0.39 is 0 Å². The smallest absolute Gasteiger partial charge is 0.233 e. The first kappa shape index (κ1) is 16.1. The molecule has 0 radical (unpaired) electrons. The van der Waals surface area contributed by atoms with Crippen LogP contribution in [0.2, 0.25) is 5.28 Å². The summed E-state index contributed by atoms with van der Waals surface area (Å²) < 4.78 is 10.7. The fraction of sp³-hybridized carbons (Fsp3) is 0.188. The molecule has 0 atom stereocenters. The number of aromatic nitrogens is 3. The first-order valence-electron chi connectivity index (χ1n) is 7.40. The lowest BCUT2D eigenvalue weighted by molar-refractivity contribution is 0.340. The van der Waals surface area contributed by atoms with E-state index >= 15 is 0 Å². The van der Waals surface area contributed by atoms with Crippen LogP contribution < -0.4 is 15.4 Å². The normalized spacial score (nSPS) is 10.4. The quantitative estimate of drug-likeness (QED) is 0.672. The van der Waals surface area contributed by atoms with Crippen LogP contribution in [-0.4, -0.2) is 21.6 Å². The van der Waals surface area contributed by atoms with Crippen LogP contribution >= 0.6 is 11.6 Å². The third kappa shape index (κ3) is 4.36. The van der Waals surface area contributed by atoms with Crippen molar-refractivity contribution in [2.24, 2.45) is 0 Å². The van der Waals surface area contributed by atoms with Crippen LogP contribution in [0.4, 0.5) is 17.6 Å². The Bertz CT molecular complexity index is 778. The third-order valence-corrected chi connectivity index (χ3v) is 3.20. The molecule has 0 saturated heterocycles. The molecule has 3 rings (SSSR count). The maximum Gasteiger partial charge on any atom is 0.233 e. The Labute approximate surface area is 144 Å². The fourth-order valence-electron chi connectivity index (χ4n) is 1.99. The number of anilines is 3. The van der Waals surface area contributed by atoms with Crippen LogP contribution in [0.15, 0.2) is 47.1 Å². The number of nitrogens with one attached hydrogen (secondary N) is 2. The van der Waals surface area contributed by atoms with Gasteiger partial charge in [0.2, 0.25) is 17.2 Å². The maximum atomic E-state index is 5.96. The molecule has 2 N–H and O–H groups in total. The summed E-state index contributed by atoms with van der Waals surface area (Å²) in [6.45, 7) is 3.02. The Morgan fingerprint density at radius 2 is 1.88 bits per heavy atom. The van der Waals surface area contributed by atoms with Gasteiger partial charge in [-0.15, -0.1) is 0 Å². The maximum absolute atomic E-state index is 5.96. The predicted molar refractivity (Wildman–Crippen MR) is 91.8 cm³/mol. The van der Waals surface area contributed by atoms with Gasteiger partial charge in [-0.25, -0.2) is 0 Å². The van der Waals surface area contributed by atoms with Crippen LogP contribution in [0.25, 0.3) is 0 Å². The lowest BCUT2D eigenvalue weighted by Gasteiger charge is -2.08. The second kappa shape index (κ2) is 7.65. The zero-order valence-electron chi connectivity index (χ0n) is 13.0. The number of ether oxygens (including phenoxy) is 1. The summed E-state index contributed by atoms with van der Waals surface area (Å²) in [6.07, 6.45) is 1.61. The van der Waals surface area contributed by atoms with Crippen molar-refractivity contribution in [1.82, 2.24) is 15.0 Å². The highest BCUT2D eigenvalue weighted by Gasteiger charge is 2.06. The number of rotatable bonds is 7. The number of furan rings is 1. The highest BCUT2D eigenvalue weighted by atomic mass is 35.5. The monoisotopic (exact) mass is 345 g/mol. The lowest BCUT2D eigenvalue weighted by Crippen LogP contribution is -2.07. The molecule has 0 aliphatic carbocycles. The first-order chi connectivity index (χ1) is 11.7. The van der Waals surface area contributed by atoms with Gasteiger partial charge in [-0.2, -0.15) is 15.0 Å². The molecule has 0 amide bonds. The van der Waals surface area contributed by atoms with Crippen molar-refractivity contribution in [3.05, 3.63) is 53.7 Å². The molecule has 24 heavy (non-hydrogen) atoms. The molecule has 2 aromatic heterocycles. The number of benzene rings is 1. The van der Waals surface area contributed by atoms with Crippen molar-refractivity contribution in [2.75, 3.05) is 17.2 Å². The van der Waals surface area contributed by atoms with Crippen molar-refractivity contribution in [2.45, 2.75) is 13.5 Å². The predicted octanol–water partition coefficient (Wildman–Crippen LogP) is 3.87. The molecule has 7 nitrogen and oxygen atoms in total. The average molecular weight is 346 g/mol. The second-order valence-corrected chi connectivity index (χ2v) is 5.11. The molecular formula is C16H16ClN5O2. The highest BCUT2D eigenvalue weighted by Crippen LogP contribution is 2.19. The van der Waals surface area contributed by atoms with Gasteiger partial charge in [0.1, 0.15) is 11.5 Å². The summed E-state index contributed by atoms with van der Waals surface area (Å²) in [4.78, 5) is 12.4. The minimum absolute atomic E-state index is 0.0976. The summed E-state index contributed by atoms with van der Waals surface area (Å²) in [5.41, 5.74) is 0.817. The van der Waals surface area contributed by atoms with E-state index in [-0.39, 0.29) is 5.28 Å². The molecule has 0 bridgehead atoms. The topological polar surface area (TPSA) is 85.1 Å². The van der Waals surface area contributed by atoms with Crippen molar-refractivity contribution in [3.8, 4) is 5.75 Å². The number of hydrogen-bond acceptors (Lipinski definition) is 7. The summed E-state index contributed by atoms with van der Waals surface area (Å²) >= 11 is 5.96. The minimum Gasteiger partial charge on any atom is -0.494 e. The Morgan fingerprint density at radius 3 is 2.58 bits per heavy atom. The standard InChI is InChI=1S/C16H16ClN5O2/c1-2-23-12-7-5-11(6-8-12)19-16-21-14(17)20-15(22-16)18-10-13-4-3-9-24-13/h3-9H,2,10H2,1H3,(H2,18,19,20,21,22). The largest absolute Gasteiger partial charge is 0.494 e. The molecule has 3 aromatic rings. The van der Waals surface area contributed by atoms with Gasteiger partial charge in [0, 0.05) is 5.69 Å². The Kier molecular flexibility index (Phi) is 5.12. The number of hydrogen-bond donors (Lipinski definition) is 2. The average Bonchev–Trinajstić information content (AvgIpc) is 3.08. The molecule has 0 aliphatic heterocycles. The molecule has 0 saturated carbocycles. The van der Waals surface area contributed by atoms with E-state index in [0.717, 1.165) is 17.2 Å². The van der Waals surface area contributed by atoms with E-state index in [1.54, 1.807) is 6.26 Å². The van der Waals surface area contributed by atoms with E-state index in [1.165, 1.54) is 0 Å². The third-order valence-electron chi connectivity index (χ3n) is 3.03. The van der Waals surface area contributed by atoms with Crippen LogP contribution in [0, 0.1) is 0 Å². The van der Waals surface area contributed by atoms with Gasteiger partial charge < -0.3 is 19.8 Å². The van der Waals surface area contributed by atoms with Gasteiger partial charge in [-0.1, -0.05) is 0 Å². The van der Waals surface area contributed by atoms with E-state index in [2.05, 4.69) is 25.6 Å². The molecule has 0 spiro atoms. The molecule has 1 aromatic carbocycles.